The fourth-order valence-electron chi connectivity index (χ4n) is 1.62. The molecule has 0 aliphatic carbocycles. The number of hydrogen-bond acceptors (Lipinski definition) is 4. The van der Waals surface area contributed by atoms with E-state index in [4.69, 9.17) is 4.74 Å². The topological polar surface area (TPSA) is 55.4 Å². The van der Waals surface area contributed by atoms with E-state index in [0.717, 1.165) is 12.2 Å². The molecule has 5 heteroatoms. The Hall–Kier alpha value is -1.49. The average molecular weight is 295 g/mol. The molecule has 0 aromatic heterocycles. The van der Waals surface area contributed by atoms with Gasteiger partial charge in [0, 0.05) is 5.56 Å². The molecule has 0 fully saturated rings. The van der Waals surface area contributed by atoms with Gasteiger partial charge < -0.3 is 10.1 Å². The maximum Gasteiger partial charge on any atom is 0.328 e. The number of nitrogens with one attached hydrogen (secondary N) is 1. The van der Waals surface area contributed by atoms with Crippen LogP contribution in [-0.2, 0) is 9.53 Å². The van der Waals surface area contributed by atoms with Crippen LogP contribution in [0.25, 0.3) is 0 Å². The molecule has 1 aromatic rings. The average Bonchev–Trinajstić information content (AvgIpc) is 2.49. The van der Waals surface area contributed by atoms with Gasteiger partial charge in [-0.25, -0.2) is 4.79 Å². The van der Waals surface area contributed by atoms with Crippen molar-refractivity contribution in [3.05, 3.63) is 35.9 Å². The minimum atomic E-state index is -0.582. The van der Waals surface area contributed by atoms with Crippen molar-refractivity contribution in [2.75, 3.05) is 18.6 Å². The Morgan fingerprint density at radius 3 is 2.60 bits per heavy atom. The predicted octanol–water partition coefficient (Wildman–Crippen LogP) is 2.49. The van der Waals surface area contributed by atoms with Crippen molar-refractivity contribution in [2.45, 2.75) is 25.8 Å². The van der Waals surface area contributed by atoms with E-state index in [1.54, 1.807) is 36.0 Å². The molecule has 0 saturated carbocycles. The summed E-state index contributed by atoms with van der Waals surface area (Å²) >= 11 is 1.64. The number of rotatable bonds is 8. The zero-order chi connectivity index (χ0) is 14.8. The zero-order valence-electron chi connectivity index (χ0n) is 11.9. The highest BCUT2D eigenvalue weighted by molar-refractivity contribution is 7.98. The Labute approximate surface area is 124 Å². The first kappa shape index (κ1) is 16.6. The lowest BCUT2D eigenvalue weighted by Gasteiger charge is -2.17. The SMILES string of the molecule is CCCOC(=O)[C@H](CCSC)NC(=O)c1ccccc1. The van der Waals surface area contributed by atoms with Crippen LogP contribution in [0.15, 0.2) is 30.3 Å². The predicted molar refractivity (Wildman–Crippen MR) is 81.9 cm³/mol. The summed E-state index contributed by atoms with van der Waals surface area (Å²) in [6, 6.07) is 8.29. The normalized spacial score (nSPS) is 11.7. The van der Waals surface area contributed by atoms with Crippen LogP contribution in [-0.4, -0.2) is 36.5 Å². The van der Waals surface area contributed by atoms with Crippen molar-refractivity contribution < 1.29 is 14.3 Å². The van der Waals surface area contributed by atoms with Crippen LogP contribution in [0.5, 0.6) is 0 Å². The smallest absolute Gasteiger partial charge is 0.328 e. The summed E-state index contributed by atoms with van der Waals surface area (Å²) in [5, 5.41) is 2.75. The van der Waals surface area contributed by atoms with Gasteiger partial charge in [0.2, 0.25) is 0 Å². The second-order valence-corrected chi connectivity index (χ2v) is 5.33. The van der Waals surface area contributed by atoms with E-state index < -0.39 is 6.04 Å². The Kier molecular flexibility index (Phi) is 7.80. The molecule has 0 aliphatic heterocycles. The number of hydrogen-bond donors (Lipinski definition) is 1. The van der Waals surface area contributed by atoms with Crippen molar-refractivity contribution in [1.29, 1.82) is 0 Å². The summed E-state index contributed by atoms with van der Waals surface area (Å²) in [6.45, 7) is 2.32. The lowest BCUT2D eigenvalue weighted by molar-refractivity contribution is -0.146. The number of amides is 1. The summed E-state index contributed by atoms with van der Waals surface area (Å²) in [5.74, 6) is 0.191. The summed E-state index contributed by atoms with van der Waals surface area (Å²) in [4.78, 5) is 24.0. The highest BCUT2D eigenvalue weighted by Gasteiger charge is 2.22. The Bertz CT molecular complexity index is 422. The van der Waals surface area contributed by atoms with Gasteiger partial charge in [0.1, 0.15) is 6.04 Å². The zero-order valence-corrected chi connectivity index (χ0v) is 12.7. The van der Waals surface area contributed by atoms with Crippen molar-refractivity contribution in [2.24, 2.45) is 0 Å². The van der Waals surface area contributed by atoms with E-state index in [0.29, 0.717) is 18.6 Å². The van der Waals surface area contributed by atoms with Crippen LogP contribution in [0.4, 0.5) is 0 Å². The molecule has 110 valence electrons. The van der Waals surface area contributed by atoms with E-state index in [1.807, 2.05) is 19.2 Å². The summed E-state index contributed by atoms with van der Waals surface area (Å²) in [6.07, 6.45) is 3.31. The van der Waals surface area contributed by atoms with E-state index >= 15 is 0 Å². The molecule has 1 atom stereocenters. The minimum absolute atomic E-state index is 0.245. The van der Waals surface area contributed by atoms with Crippen LogP contribution >= 0.6 is 11.8 Å². The molecular weight excluding hydrogens is 274 g/mol. The minimum Gasteiger partial charge on any atom is -0.464 e. The Balaban J connectivity index is 2.63. The van der Waals surface area contributed by atoms with Crippen molar-refractivity contribution in [3.63, 3.8) is 0 Å². The Morgan fingerprint density at radius 2 is 2.00 bits per heavy atom. The van der Waals surface area contributed by atoms with Crippen LogP contribution in [0.1, 0.15) is 30.1 Å². The van der Waals surface area contributed by atoms with Gasteiger partial charge in [-0.2, -0.15) is 11.8 Å². The van der Waals surface area contributed by atoms with Crippen LogP contribution in [0.2, 0.25) is 0 Å². The molecule has 0 unspecified atom stereocenters. The fraction of sp³-hybridized carbons (Fsp3) is 0.467. The molecule has 4 nitrogen and oxygen atoms in total. The van der Waals surface area contributed by atoms with Crippen LogP contribution in [0.3, 0.4) is 0 Å². The van der Waals surface area contributed by atoms with E-state index in [2.05, 4.69) is 5.32 Å². The van der Waals surface area contributed by atoms with E-state index in [9.17, 15) is 9.59 Å². The number of benzene rings is 1. The first-order valence-electron chi connectivity index (χ1n) is 6.70. The van der Waals surface area contributed by atoms with Crippen LogP contribution in [0, 0.1) is 0 Å². The number of ether oxygens (including phenoxy) is 1. The van der Waals surface area contributed by atoms with Gasteiger partial charge in [-0.1, -0.05) is 25.1 Å². The molecule has 0 aliphatic rings. The van der Waals surface area contributed by atoms with E-state index in [1.165, 1.54) is 0 Å². The third-order valence-electron chi connectivity index (χ3n) is 2.68. The van der Waals surface area contributed by atoms with Crippen molar-refractivity contribution >= 4 is 23.6 Å². The molecule has 1 rings (SSSR count). The molecule has 1 amide bonds. The summed E-state index contributed by atoms with van der Waals surface area (Å²) in [5.41, 5.74) is 0.546. The first-order chi connectivity index (χ1) is 9.69. The lowest BCUT2D eigenvalue weighted by atomic mass is 10.1. The molecule has 1 N–H and O–H groups in total. The standard InChI is InChI=1S/C15H21NO3S/c1-3-10-19-15(18)13(9-11-20-2)16-14(17)12-7-5-4-6-8-12/h4-8,13H,3,9-11H2,1-2H3,(H,16,17)/t13-/m0/s1. The number of carbonyl (C=O) groups excluding carboxylic acids is 2. The van der Waals surface area contributed by atoms with Crippen LogP contribution < -0.4 is 5.32 Å². The number of thioether (sulfide) groups is 1. The van der Waals surface area contributed by atoms with Crippen molar-refractivity contribution in [3.8, 4) is 0 Å². The highest BCUT2D eigenvalue weighted by atomic mass is 32.2. The maximum atomic E-state index is 12.1. The fourth-order valence-corrected chi connectivity index (χ4v) is 2.09. The molecule has 1 aromatic carbocycles. The second-order valence-electron chi connectivity index (χ2n) is 4.34. The summed E-state index contributed by atoms with van der Waals surface area (Å²) in [7, 11) is 0. The quantitative estimate of drug-likeness (QED) is 0.749. The first-order valence-corrected chi connectivity index (χ1v) is 8.10. The third-order valence-corrected chi connectivity index (χ3v) is 3.33. The van der Waals surface area contributed by atoms with Gasteiger partial charge in [-0.3, -0.25) is 4.79 Å². The van der Waals surface area contributed by atoms with Gasteiger partial charge in [-0.05, 0) is 37.0 Å². The van der Waals surface area contributed by atoms with Gasteiger partial charge in [0.05, 0.1) is 6.61 Å². The highest BCUT2D eigenvalue weighted by Crippen LogP contribution is 2.06. The third kappa shape index (κ3) is 5.65. The molecule has 0 bridgehead atoms. The molecule has 20 heavy (non-hydrogen) atoms. The monoisotopic (exact) mass is 295 g/mol. The molecular formula is C15H21NO3S. The van der Waals surface area contributed by atoms with E-state index in [-0.39, 0.29) is 11.9 Å². The molecule has 0 saturated heterocycles. The molecule has 0 heterocycles. The van der Waals surface area contributed by atoms with Gasteiger partial charge in [-0.15, -0.1) is 0 Å². The summed E-state index contributed by atoms with van der Waals surface area (Å²) < 4.78 is 5.12. The Morgan fingerprint density at radius 1 is 1.30 bits per heavy atom. The molecule has 0 radical (unpaired) electrons. The van der Waals surface area contributed by atoms with Gasteiger partial charge >= 0.3 is 5.97 Å². The maximum absolute atomic E-state index is 12.1. The van der Waals surface area contributed by atoms with Gasteiger partial charge in [0.25, 0.3) is 5.91 Å². The van der Waals surface area contributed by atoms with Crippen molar-refractivity contribution in [1.82, 2.24) is 5.32 Å². The largest absolute Gasteiger partial charge is 0.464 e. The molecule has 0 spiro atoms. The number of esters is 1. The second kappa shape index (κ2) is 9.42. The number of carbonyl (C=O) groups is 2. The van der Waals surface area contributed by atoms with Gasteiger partial charge in [0.15, 0.2) is 0 Å². The lowest BCUT2D eigenvalue weighted by Crippen LogP contribution is -2.42.